The molecule has 2 N–H and O–H groups in total. The average Bonchev–Trinajstić information content (AvgIpc) is 3.61. The monoisotopic (exact) mass is 943 g/mol. The van der Waals surface area contributed by atoms with E-state index >= 15 is 0 Å². The number of benzene rings is 3. The molecule has 3 aliphatic heterocycles. The van der Waals surface area contributed by atoms with Crippen LogP contribution in [0.4, 0.5) is 0 Å². The second-order valence-corrected chi connectivity index (χ2v) is 21.5. The van der Waals surface area contributed by atoms with E-state index in [4.69, 9.17) is 20.9 Å². The lowest BCUT2D eigenvalue weighted by Gasteiger charge is -2.34. The standard InChI is InChI=1S/C52H58ClN7O6S/c1-29(2)44(49(64)59-25-36(61)23-41(59)47(62)55-30(3)32-10-12-34(13-11-32)46-31(4)54-28-67-46)42-24-43(57-66-42)65-27-52(18-19-52)26-58-20-16-33(17-21-58)35-14-15-37-40(22-35)60-39-9-7-8-38(53)45(39)48(63)56-50(60)51(37,5)6/h7-15,22,24,28-30,33,36,41,44,61H,16-21,23,25-27H2,1-6H3,(H,55,62)/t30-,36+,41-,44+/m0/s1. The summed E-state index contributed by atoms with van der Waals surface area (Å²) in [7, 11) is 0. The fraction of sp³-hybridized carbons (Fsp3) is 0.462. The van der Waals surface area contributed by atoms with Gasteiger partial charge in [-0.15, -0.1) is 11.3 Å². The van der Waals surface area contributed by atoms with Gasteiger partial charge in [0.1, 0.15) is 17.8 Å². The second-order valence-electron chi connectivity index (χ2n) is 20.3. The SMILES string of the molecule is Cc1ncsc1-c1ccc([C@H](C)NC(=O)[C@@H]2C[C@@H](O)CN2C(=O)[C@@H](c2cc(OCC3(CN4CCC(c5ccc6c(c5)-n5c(nc(=O)c7c(Cl)cccc75)C6(C)C)CC4)CC3)no2)C(C)C)cc1. The molecule has 4 atom stereocenters. The molecule has 1 saturated carbocycles. The molecule has 10 rings (SSSR count). The van der Waals surface area contributed by atoms with Gasteiger partial charge in [-0.2, -0.15) is 4.98 Å². The largest absolute Gasteiger partial charge is 0.475 e. The second kappa shape index (κ2) is 17.6. The number of hydrogen-bond acceptors (Lipinski definition) is 11. The first-order valence-corrected chi connectivity index (χ1v) is 24.8. The summed E-state index contributed by atoms with van der Waals surface area (Å²) in [4.78, 5) is 55.3. The summed E-state index contributed by atoms with van der Waals surface area (Å²) < 4.78 is 14.3. The summed E-state index contributed by atoms with van der Waals surface area (Å²) in [6, 6.07) is 21.0. The number of carbonyl (C=O) groups excluding carboxylic acids is 2. The van der Waals surface area contributed by atoms with Crippen molar-refractivity contribution in [2.75, 3.05) is 32.8 Å². The quantitative estimate of drug-likeness (QED) is 0.115. The zero-order valence-electron chi connectivity index (χ0n) is 38.9. The van der Waals surface area contributed by atoms with E-state index in [2.05, 4.69) is 62.0 Å². The van der Waals surface area contributed by atoms with Crippen molar-refractivity contribution in [3.8, 4) is 22.0 Å². The number of fused-ring (bicyclic) bond motifs is 5. The normalized spacial score (nSPS) is 20.8. The molecule has 6 heterocycles. The van der Waals surface area contributed by atoms with Crippen LogP contribution >= 0.6 is 22.9 Å². The lowest BCUT2D eigenvalue weighted by molar-refractivity contribution is -0.141. The van der Waals surface area contributed by atoms with Crippen LogP contribution in [0, 0.1) is 18.3 Å². The van der Waals surface area contributed by atoms with Crippen molar-refractivity contribution in [2.24, 2.45) is 11.3 Å². The van der Waals surface area contributed by atoms with E-state index < -0.39 is 23.5 Å². The highest BCUT2D eigenvalue weighted by Crippen LogP contribution is 2.48. The molecule has 0 radical (unpaired) electrons. The van der Waals surface area contributed by atoms with E-state index in [1.807, 2.05) is 69.6 Å². The van der Waals surface area contributed by atoms with Gasteiger partial charge in [-0.3, -0.25) is 19.0 Å². The third-order valence-electron chi connectivity index (χ3n) is 14.8. The molecule has 3 fully saturated rings. The molecule has 4 aliphatic rings. The van der Waals surface area contributed by atoms with Crippen LogP contribution in [0.5, 0.6) is 5.88 Å². The van der Waals surface area contributed by atoms with Crippen molar-refractivity contribution in [2.45, 2.75) is 109 Å². The number of nitrogens with one attached hydrogen (secondary N) is 1. The van der Waals surface area contributed by atoms with Gasteiger partial charge in [0.2, 0.25) is 11.8 Å². The van der Waals surface area contributed by atoms with Gasteiger partial charge in [-0.1, -0.05) is 67.9 Å². The fourth-order valence-electron chi connectivity index (χ4n) is 10.8. The summed E-state index contributed by atoms with van der Waals surface area (Å²) in [5, 5.41) is 19.0. The van der Waals surface area contributed by atoms with Crippen molar-refractivity contribution in [3.05, 3.63) is 122 Å². The third kappa shape index (κ3) is 8.48. The molecule has 3 aromatic heterocycles. The van der Waals surface area contributed by atoms with Crippen molar-refractivity contribution >= 4 is 45.7 Å². The Morgan fingerprint density at radius 1 is 1.04 bits per heavy atom. The zero-order valence-corrected chi connectivity index (χ0v) is 40.5. The van der Waals surface area contributed by atoms with Gasteiger partial charge in [-0.05, 0) is 124 Å². The molecule has 67 heavy (non-hydrogen) atoms. The molecular weight excluding hydrogens is 886 g/mol. The third-order valence-corrected chi connectivity index (χ3v) is 16.1. The van der Waals surface area contributed by atoms with Gasteiger partial charge in [-0.25, -0.2) is 4.98 Å². The predicted octanol–water partition coefficient (Wildman–Crippen LogP) is 8.72. The smallest absolute Gasteiger partial charge is 0.282 e. The number of piperidine rings is 1. The maximum Gasteiger partial charge on any atom is 0.282 e. The van der Waals surface area contributed by atoms with Crippen molar-refractivity contribution in [3.63, 3.8) is 0 Å². The summed E-state index contributed by atoms with van der Waals surface area (Å²) in [5.41, 5.74) is 8.45. The molecule has 1 aliphatic carbocycles. The van der Waals surface area contributed by atoms with Crippen LogP contribution in [-0.4, -0.2) is 91.3 Å². The number of nitrogens with zero attached hydrogens (tertiary/aromatic N) is 6. The highest BCUT2D eigenvalue weighted by Gasteiger charge is 2.47. The molecule has 13 nitrogen and oxygen atoms in total. The Kier molecular flexibility index (Phi) is 11.9. The predicted molar refractivity (Wildman–Crippen MR) is 259 cm³/mol. The van der Waals surface area contributed by atoms with E-state index in [1.54, 1.807) is 23.5 Å². The zero-order chi connectivity index (χ0) is 46.9. The fourth-order valence-corrected chi connectivity index (χ4v) is 11.8. The van der Waals surface area contributed by atoms with Crippen LogP contribution < -0.4 is 15.6 Å². The Morgan fingerprint density at radius 2 is 1.81 bits per heavy atom. The molecule has 0 unspecified atom stereocenters. The minimum Gasteiger partial charge on any atom is -0.475 e. The molecule has 2 saturated heterocycles. The number of β-amino-alcohol motifs (C(OH)–C–C–N with tert-alkyl or cyclic N) is 1. The lowest BCUT2D eigenvalue weighted by atomic mass is 9.83. The number of amides is 2. The number of ether oxygens (including phenoxy) is 1. The van der Waals surface area contributed by atoms with Crippen LogP contribution in [0.1, 0.15) is 119 Å². The van der Waals surface area contributed by atoms with Crippen molar-refractivity contribution in [1.29, 1.82) is 0 Å². The number of aromatic nitrogens is 4. The Bertz CT molecular complexity index is 2910. The van der Waals surface area contributed by atoms with E-state index in [1.165, 1.54) is 10.5 Å². The first-order valence-electron chi connectivity index (χ1n) is 23.6. The van der Waals surface area contributed by atoms with Crippen molar-refractivity contribution < 1.29 is 24.0 Å². The molecule has 6 aromatic rings. The number of hydrogen-bond donors (Lipinski definition) is 2. The molecule has 0 spiro atoms. The molecular formula is C52H58ClN7O6S. The van der Waals surface area contributed by atoms with Gasteiger partial charge in [0.15, 0.2) is 5.76 Å². The van der Waals surface area contributed by atoms with Crippen LogP contribution in [-0.2, 0) is 15.0 Å². The van der Waals surface area contributed by atoms with Gasteiger partial charge in [0.25, 0.3) is 11.4 Å². The number of rotatable bonds is 13. The highest BCUT2D eigenvalue weighted by molar-refractivity contribution is 7.13. The van der Waals surface area contributed by atoms with Crippen LogP contribution in [0.2, 0.25) is 5.02 Å². The highest BCUT2D eigenvalue weighted by atomic mass is 35.5. The molecule has 2 amide bonds. The number of aliphatic hydroxyl groups excluding tert-OH is 1. The molecule has 350 valence electrons. The van der Waals surface area contributed by atoms with Gasteiger partial charge >= 0.3 is 0 Å². The topological polar surface area (TPSA) is 156 Å². The number of thiazole rings is 1. The summed E-state index contributed by atoms with van der Waals surface area (Å²) in [5.74, 6) is 0.398. The summed E-state index contributed by atoms with van der Waals surface area (Å²) in [6.45, 7) is 15.5. The van der Waals surface area contributed by atoms with Gasteiger partial charge in [0, 0.05) is 31.0 Å². The Hall–Kier alpha value is -5.41. The Balaban J connectivity index is 0.748. The van der Waals surface area contributed by atoms with Crippen LogP contribution in [0.3, 0.4) is 0 Å². The minimum atomic E-state index is -0.825. The maximum atomic E-state index is 14.3. The number of aliphatic hydroxyl groups is 1. The van der Waals surface area contributed by atoms with E-state index in [-0.39, 0.29) is 47.7 Å². The van der Waals surface area contributed by atoms with Gasteiger partial charge < -0.3 is 29.5 Å². The van der Waals surface area contributed by atoms with Crippen molar-refractivity contribution in [1.82, 2.24) is 34.8 Å². The number of likely N-dealkylation sites (tertiary alicyclic amines) is 2. The lowest BCUT2D eigenvalue weighted by Crippen LogP contribution is -2.48. The van der Waals surface area contributed by atoms with Gasteiger partial charge in [0.05, 0.1) is 61.9 Å². The summed E-state index contributed by atoms with van der Waals surface area (Å²) >= 11 is 8.13. The first kappa shape index (κ1) is 45.4. The van der Waals surface area contributed by atoms with Crippen LogP contribution in [0.25, 0.3) is 27.0 Å². The Morgan fingerprint density at radius 3 is 2.51 bits per heavy atom. The molecule has 15 heteroatoms. The first-order chi connectivity index (χ1) is 32.1. The van der Waals surface area contributed by atoms with E-state index in [9.17, 15) is 19.5 Å². The Labute approximate surface area is 399 Å². The minimum absolute atomic E-state index is 0.0283. The molecule has 0 bridgehead atoms. The van der Waals surface area contributed by atoms with E-state index in [0.29, 0.717) is 34.6 Å². The average molecular weight is 945 g/mol. The number of carbonyl (C=O) groups is 2. The number of halogens is 1. The maximum absolute atomic E-state index is 14.3. The molecule has 3 aromatic carbocycles. The summed E-state index contributed by atoms with van der Waals surface area (Å²) in [6.07, 6.45) is 3.54. The van der Waals surface area contributed by atoms with Crippen LogP contribution in [0.15, 0.2) is 81.6 Å². The van der Waals surface area contributed by atoms with E-state index in [0.717, 1.165) is 89.6 Å². The number of aryl methyl sites for hydroxylation is 1.